The predicted molar refractivity (Wildman–Crippen MR) is 69.8 cm³/mol. The monoisotopic (exact) mass is 300 g/mol. The van der Waals surface area contributed by atoms with Crippen LogP contribution < -0.4 is 5.32 Å². The summed E-state index contributed by atoms with van der Waals surface area (Å²) < 4.78 is 0.859. The van der Waals surface area contributed by atoms with Gasteiger partial charge in [-0.3, -0.25) is 4.79 Å². The van der Waals surface area contributed by atoms with E-state index in [0.29, 0.717) is 12.2 Å². The molecule has 0 atom stereocenters. The summed E-state index contributed by atoms with van der Waals surface area (Å²) in [6, 6.07) is 3.48. The van der Waals surface area contributed by atoms with E-state index < -0.39 is 0 Å². The second kappa shape index (κ2) is 8.20. The minimum atomic E-state index is -0.139. The first-order valence-corrected chi connectivity index (χ1v) is 6.54. The summed E-state index contributed by atoms with van der Waals surface area (Å²) in [6.07, 6.45) is 5.40. The Bertz CT molecular complexity index is 341. The van der Waals surface area contributed by atoms with E-state index in [4.69, 9.17) is 5.11 Å². The summed E-state index contributed by atoms with van der Waals surface area (Å²) >= 11 is 3.27. The summed E-state index contributed by atoms with van der Waals surface area (Å²) in [5.41, 5.74) is 0.434. The van der Waals surface area contributed by atoms with Crippen LogP contribution in [0.15, 0.2) is 22.8 Å². The van der Waals surface area contributed by atoms with E-state index in [0.717, 1.165) is 30.2 Å². The van der Waals surface area contributed by atoms with E-state index in [1.165, 1.54) is 0 Å². The number of aliphatic hydroxyl groups is 1. The Morgan fingerprint density at radius 2 is 2.06 bits per heavy atom. The van der Waals surface area contributed by atoms with Gasteiger partial charge in [0.15, 0.2) is 0 Å². The zero-order valence-corrected chi connectivity index (χ0v) is 11.2. The quantitative estimate of drug-likeness (QED) is 0.758. The van der Waals surface area contributed by atoms with Crippen molar-refractivity contribution in [2.75, 3.05) is 13.2 Å². The van der Waals surface area contributed by atoms with Crippen molar-refractivity contribution >= 4 is 21.8 Å². The van der Waals surface area contributed by atoms with E-state index in [1.807, 2.05) is 0 Å². The number of rotatable bonds is 7. The molecule has 0 unspecified atom stereocenters. The van der Waals surface area contributed by atoms with Crippen molar-refractivity contribution in [3.63, 3.8) is 0 Å². The van der Waals surface area contributed by atoms with Crippen molar-refractivity contribution in [2.45, 2.75) is 25.7 Å². The normalized spacial score (nSPS) is 10.2. The minimum Gasteiger partial charge on any atom is -0.396 e. The Hall–Kier alpha value is -0.940. The van der Waals surface area contributed by atoms with Crippen LogP contribution in [0.25, 0.3) is 0 Å². The SMILES string of the molecule is O=C(NCCCCCCO)c1ccc(Br)cn1. The number of hydrogen-bond acceptors (Lipinski definition) is 3. The number of nitrogens with zero attached hydrogens (tertiary/aromatic N) is 1. The Kier molecular flexibility index (Phi) is 6.81. The lowest BCUT2D eigenvalue weighted by atomic mass is 10.2. The molecule has 1 aromatic rings. The molecule has 0 aliphatic rings. The van der Waals surface area contributed by atoms with Gasteiger partial charge in [0.05, 0.1) is 0 Å². The van der Waals surface area contributed by atoms with Gasteiger partial charge in [0.2, 0.25) is 0 Å². The molecule has 1 rings (SSSR count). The van der Waals surface area contributed by atoms with Crippen molar-refractivity contribution < 1.29 is 9.90 Å². The van der Waals surface area contributed by atoms with E-state index in [1.54, 1.807) is 18.3 Å². The molecule has 1 aromatic heterocycles. The molecule has 0 fully saturated rings. The average Bonchev–Trinajstić information content (AvgIpc) is 2.34. The number of pyridine rings is 1. The maximum absolute atomic E-state index is 11.6. The van der Waals surface area contributed by atoms with Gasteiger partial charge in [-0.1, -0.05) is 12.8 Å². The average molecular weight is 301 g/mol. The van der Waals surface area contributed by atoms with Crippen molar-refractivity contribution in [1.82, 2.24) is 10.3 Å². The molecule has 5 heteroatoms. The number of aliphatic hydroxyl groups excluding tert-OH is 1. The smallest absolute Gasteiger partial charge is 0.269 e. The topological polar surface area (TPSA) is 62.2 Å². The van der Waals surface area contributed by atoms with Crippen LogP contribution >= 0.6 is 15.9 Å². The molecule has 1 amide bonds. The molecule has 2 N–H and O–H groups in total. The molecule has 4 nitrogen and oxygen atoms in total. The maximum Gasteiger partial charge on any atom is 0.269 e. The number of hydrogen-bond donors (Lipinski definition) is 2. The highest BCUT2D eigenvalue weighted by Gasteiger charge is 2.05. The largest absolute Gasteiger partial charge is 0.396 e. The van der Waals surface area contributed by atoms with E-state index in [9.17, 15) is 4.79 Å². The minimum absolute atomic E-state index is 0.139. The molecule has 0 radical (unpaired) electrons. The lowest BCUT2D eigenvalue weighted by molar-refractivity contribution is 0.0948. The van der Waals surface area contributed by atoms with Crippen LogP contribution in [0.1, 0.15) is 36.2 Å². The van der Waals surface area contributed by atoms with Gasteiger partial charge in [0.1, 0.15) is 5.69 Å². The first kappa shape index (κ1) is 14.1. The Morgan fingerprint density at radius 3 is 2.71 bits per heavy atom. The number of carbonyl (C=O) groups is 1. The number of amides is 1. The zero-order chi connectivity index (χ0) is 12.5. The van der Waals surface area contributed by atoms with Crippen molar-refractivity contribution in [2.24, 2.45) is 0 Å². The second-order valence-electron chi connectivity index (χ2n) is 3.76. The van der Waals surface area contributed by atoms with Crippen molar-refractivity contribution in [3.05, 3.63) is 28.5 Å². The molecule has 0 aromatic carbocycles. The van der Waals surface area contributed by atoms with E-state index in [2.05, 4.69) is 26.2 Å². The maximum atomic E-state index is 11.6. The van der Waals surface area contributed by atoms with E-state index in [-0.39, 0.29) is 12.5 Å². The summed E-state index contributed by atoms with van der Waals surface area (Å²) in [5.74, 6) is -0.139. The molecule has 94 valence electrons. The van der Waals surface area contributed by atoms with Gasteiger partial charge in [0, 0.05) is 23.8 Å². The molecule has 0 spiro atoms. The third kappa shape index (κ3) is 5.79. The molecule has 0 bridgehead atoms. The fraction of sp³-hybridized carbons (Fsp3) is 0.500. The molecule has 0 saturated carbocycles. The summed E-state index contributed by atoms with van der Waals surface area (Å²) in [4.78, 5) is 15.6. The third-order valence-corrected chi connectivity index (χ3v) is 2.80. The standard InChI is InChI=1S/C12H17BrN2O2/c13-10-5-6-11(15-9-10)12(17)14-7-3-1-2-4-8-16/h5-6,9,16H,1-4,7-8H2,(H,14,17). The molecule has 0 aliphatic carbocycles. The predicted octanol–water partition coefficient (Wildman–Crippen LogP) is 2.13. The molecule has 1 heterocycles. The summed E-state index contributed by atoms with van der Waals surface area (Å²) in [6.45, 7) is 0.900. The van der Waals surface area contributed by atoms with Gasteiger partial charge in [-0.05, 0) is 40.9 Å². The molecule has 0 saturated heterocycles. The van der Waals surface area contributed by atoms with Crippen LogP contribution in [0.3, 0.4) is 0 Å². The van der Waals surface area contributed by atoms with Crippen LogP contribution in [0.4, 0.5) is 0 Å². The number of aromatic nitrogens is 1. The fourth-order valence-electron chi connectivity index (χ4n) is 1.39. The lowest BCUT2D eigenvalue weighted by Gasteiger charge is -2.04. The van der Waals surface area contributed by atoms with Gasteiger partial charge in [-0.15, -0.1) is 0 Å². The highest BCUT2D eigenvalue weighted by Crippen LogP contribution is 2.07. The first-order chi connectivity index (χ1) is 8.24. The second-order valence-corrected chi connectivity index (χ2v) is 4.67. The van der Waals surface area contributed by atoms with Crippen molar-refractivity contribution in [3.8, 4) is 0 Å². The summed E-state index contributed by atoms with van der Waals surface area (Å²) in [7, 11) is 0. The molecule has 17 heavy (non-hydrogen) atoms. The highest BCUT2D eigenvalue weighted by atomic mass is 79.9. The number of halogens is 1. The van der Waals surface area contributed by atoms with Crippen LogP contribution in [0, 0.1) is 0 Å². The van der Waals surface area contributed by atoms with Crippen molar-refractivity contribution in [1.29, 1.82) is 0 Å². The number of nitrogens with one attached hydrogen (secondary N) is 1. The Balaban J connectivity index is 2.19. The molecule has 0 aliphatic heterocycles. The molecular formula is C12H17BrN2O2. The Labute approximate surface area is 110 Å². The fourth-order valence-corrected chi connectivity index (χ4v) is 1.63. The third-order valence-electron chi connectivity index (χ3n) is 2.33. The highest BCUT2D eigenvalue weighted by molar-refractivity contribution is 9.10. The van der Waals surface area contributed by atoms with Crippen LogP contribution in [-0.2, 0) is 0 Å². The van der Waals surface area contributed by atoms with E-state index >= 15 is 0 Å². The lowest BCUT2D eigenvalue weighted by Crippen LogP contribution is -2.25. The first-order valence-electron chi connectivity index (χ1n) is 5.74. The summed E-state index contributed by atoms with van der Waals surface area (Å²) in [5, 5.41) is 11.4. The van der Waals surface area contributed by atoms with Crippen LogP contribution in [0.5, 0.6) is 0 Å². The van der Waals surface area contributed by atoms with Gasteiger partial charge >= 0.3 is 0 Å². The molecular weight excluding hydrogens is 284 g/mol. The van der Waals surface area contributed by atoms with Gasteiger partial charge < -0.3 is 10.4 Å². The van der Waals surface area contributed by atoms with Crippen LogP contribution in [-0.4, -0.2) is 29.1 Å². The van der Waals surface area contributed by atoms with Crippen LogP contribution in [0.2, 0.25) is 0 Å². The Morgan fingerprint density at radius 1 is 1.29 bits per heavy atom. The van der Waals surface area contributed by atoms with Gasteiger partial charge in [-0.25, -0.2) is 4.98 Å². The van der Waals surface area contributed by atoms with Gasteiger partial charge in [0.25, 0.3) is 5.91 Å². The number of unbranched alkanes of at least 4 members (excludes halogenated alkanes) is 3. The van der Waals surface area contributed by atoms with Gasteiger partial charge in [-0.2, -0.15) is 0 Å². The number of carbonyl (C=O) groups excluding carboxylic acids is 1. The zero-order valence-electron chi connectivity index (χ0n) is 9.66.